The van der Waals surface area contributed by atoms with Crippen LogP contribution in [0.5, 0.6) is 0 Å². The topological polar surface area (TPSA) is 26.3 Å². The number of hydrogen-bond acceptors (Lipinski definition) is 2. The molecule has 0 aliphatic heterocycles. The zero-order valence-corrected chi connectivity index (χ0v) is 17.4. The van der Waals surface area contributed by atoms with Gasteiger partial charge in [0.15, 0.2) is 0 Å². The van der Waals surface area contributed by atoms with Crippen LogP contribution in [0.1, 0.15) is 130 Å². The highest BCUT2D eigenvalue weighted by atomic mass is 16.5. The van der Waals surface area contributed by atoms with Crippen molar-refractivity contribution in [2.45, 2.75) is 136 Å². The molecule has 146 valence electrons. The largest absolute Gasteiger partial charge is 0.785 e. The maximum atomic E-state index is 12.4. The third kappa shape index (κ3) is 14.3. The van der Waals surface area contributed by atoms with Gasteiger partial charge in [-0.25, -0.2) is 0 Å². The van der Waals surface area contributed by atoms with Crippen molar-refractivity contribution in [2.24, 2.45) is 0 Å². The molecular formula is C22H46NO-. The Morgan fingerprint density at radius 3 is 1.42 bits per heavy atom. The van der Waals surface area contributed by atoms with Gasteiger partial charge in [-0.15, -0.1) is 0 Å². The Balaban J connectivity index is 3.55. The quantitative estimate of drug-likeness (QED) is 0.187. The lowest BCUT2D eigenvalue weighted by Crippen LogP contribution is -2.40. The SMILES string of the molecule is CCCCCCCCCCN([O-])C(C)(C)CCCCCCCCC. The fourth-order valence-electron chi connectivity index (χ4n) is 3.33. The summed E-state index contributed by atoms with van der Waals surface area (Å²) in [6.07, 6.45) is 20.7. The molecule has 2 nitrogen and oxygen atoms in total. The van der Waals surface area contributed by atoms with Crippen LogP contribution >= 0.6 is 0 Å². The van der Waals surface area contributed by atoms with Crippen molar-refractivity contribution in [1.82, 2.24) is 5.06 Å². The van der Waals surface area contributed by atoms with E-state index < -0.39 is 0 Å². The molecule has 0 unspecified atom stereocenters. The summed E-state index contributed by atoms with van der Waals surface area (Å²) in [7, 11) is 0. The minimum atomic E-state index is -0.176. The normalized spacial score (nSPS) is 12.2. The molecule has 0 aliphatic carbocycles. The summed E-state index contributed by atoms with van der Waals surface area (Å²) in [6.45, 7) is 9.50. The van der Waals surface area contributed by atoms with Gasteiger partial charge in [-0.05, 0) is 33.2 Å². The van der Waals surface area contributed by atoms with Gasteiger partial charge in [0.25, 0.3) is 0 Å². The minimum Gasteiger partial charge on any atom is -0.785 e. The highest BCUT2D eigenvalue weighted by Crippen LogP contribution is 2.22. The summed E-state index contributed by atoms with van der Waals surface area (Å²) < 4.78 is 0. The smallest absolute Gasteiger partial charge is 0.00329 e. The molecule has 24 heavy (non-hydrogen) atoms. The van der Waals surface area contributed by atoms with Gasteiger partial charge in [0.05, 0.1) is 0 Å². The van der Waals surface area contributed by atoms with Gasteiger partial charge in [-0.3, -0.25) is 0 Å². The number of hydroxylamine groups is 2. The summed E-state index contributed by atoms with van der Waals surface area (Å²) in [6, 6.07) is 0. The summed E-state index contributed by atoms with van der Waals surface area (Å²) in [5.74, 6) is 0. The Kier molecular flexibility index (Phi) is 16.3. The second-order valence-corrected chi connectivity index (χ2v) is 8.26. The van der Waals surface area contributed by atoms with E-state index in [9.17, 15) is 5.21 Å². The first kappa shape index (κ1) is 23.9. The Bertz CT molecular complexity index is 252. The van der Waals surface area contributed by atoms with E-state index in [-0.39, 0.29) is 5.54 Å². The maximum Gasteiger partial charge on any atom is 0.00329 e. The van der Waals surface area contributed by atoms with E-state index in [4.69, 9.17) is 0 Å². The van der Waals surface area contributed by atoms with Crippen molar-refractivity contribution in [3.63, 3.8) is 0 Å². The second kappa shape index (κ2) is 16.4. The van der Waals surface area contributed by atoms with Gasteiger partial charge in [0.2, 0.25) is 0 Å². The standard InChI is InChI=1S/C22H46NO/c1-5-7-9-11-13-15-17-19-21-23(24)22(3,4)20-18-16-14-12-10-8-6-2/h5-21H2,1-4H3/q-1. The average molecular weight is 341 g/mol. The summed E-state index contributed by atoms with van der Waals surface area (Å²) >= 11 is 0. The summed E-state index contributed by atoms with van der Waals surface area (Å²) in [5, 5.41) is 13.7. The van der Waals surface area contributed by atoms with E-state index in [0.29, 0.717) is 0 Å². The van der Waals surface area contributed by atoms with Crippen LogP contribution in [0.3, 0.4) is 0 Å². The van der Waals surface area contributed by atoms with Crippen LogP contribution in [-0.2, 0) is 0 Å². The third-order valence-electron chi connectivity index (χ3n) is 5.28. The minimum absolute atomic E-state index is 0.176. The Morgan fingerprint density at radius 1 is 0.583 bits per heavy atom. The second-order valence-electron chi connectivity index (χ2n) is 8.26. The molecule has 0 aliphatic rings. The molecule has 0 rings (SSSR count). The highest BCUT2D eigenvalue weighted by molar-refractivity contribution is 4.81. The van der Waals surface area contributed by atoms with Gasteiger partial charge in [-0.1, -0.05) is 104 Å². The molecule has 0 N–H and O–H groups in total. The Labute approximate surface area is 153 Å². The van der Waals surface area contributed by atoms with Gasteiger partial charge in [0, 0.05) is 5.54 Å². The number of nitrogens with zero attached hydrogens (tertiary/aromatic N) is 1. The fraction of sp³-hybridized carbons (Fsp3) is 1.00. The molecule has 0 aromatic heterocycles. The van der Waals surface area contributed by atoms with E-state index in [1.54, 1.807) is 0 Å². The van der Waals surface area contributed by atoms with Crippen LogP contribution in [0, 0.1) is 5.21 Å². The molecule has 0 saturated carbocycles. The van der Waals surface area contributed by atoms with E-state index in [1.807, 2.05) is 0 Å². The molecule has 0 radical (unpaired) electrons. The number of rotatable bonds is 18. The van der Waals surface area contributed by atoms with Crippen LogP contribution in [0.25, 0.3) is 0 Å². The first-order chi connectivity index (χ1) is 11.5. The number of hydrogen-bond donors (Lipinski definition) is 0. The maximum absolute atomic E-state index is 12.4. The molecule has 0 atom stereocenters. The molecule has 0 aromatic carbocycles. The fourth-order valence-corrected chi connectivity index (χ4v) is 3.33. The molecule has 0 saturated heterocycles. The van der Waals surface area contributed by atoms with Gasteiger partial charge in [-0.2, -0.15) is 0 Å². The third-order valence-corrected chi connectivity index (χ3v) is 5.28. The van der Waals surface area contributed by atoms with Gasteiger partial charge >= 0.3 is 0 Å². The molecule has 0 amide bonds. The predicted molar refractivity (Wildman–Crippen MR) is 109 cm³/mol. The van der Waals surface area contributed by atoms with Crippen LogP contribution in [0.15, 0.2) is 0 Å². The van der Waals surface area contributed by atoms with E-state index in [2.05, 4.69) is 27.7 Å². The highest BCUT2D eigenvalue weighted by Gasteiger charge is 2.18. The van der Waals surface area contributed by atoms with E-state index in [1.165, 1.54) is 95.0 Å². The van der Waals surface area contributed by atoms with Crippen molar-refractivity contribution in [1.29, 1.82) is 0 Å². The van der Waals surface area contributed by atoms with Crippen LogP contribution in [0.2, 0.25) is 0 Å². The molecule has 0 spiro atoms. The van der Waals surface area contributed by atoms with Crippen molar-refractivity contribution >= 4 is 0 Å². The van der Waals surface area contributed by atoms with Gasteiger partial charge < -0.3 is 10.3 Å². The van der Waals surface area contributed by atoms with Crippen LogP contribution in [-0.4, -0.2) is 17.1 Å². The molecule has 0 bridgehead atoms. The van der Waals surface area contributed by atoms with Crippen molar-refractivity contribution in [3.8, 4) is 0 Å². The Hall–Kier alpha value is -0.0800. The molecule has 2 heteroatoms. The lowest BCUT2D eigenvalue weighted by Gasteiger charge is -2.44. The first-order valence-electron chi connectivity index (χ1n) is 11.0. The zero-order chi connectivity index (χ0) is 18.1. The molecule has 0 aromatic rings. The Morgan fingerprint density at radius 2 is 0.958 bits per heavy atom. The predicted octanol–water partition coefficient (Wildman–Crippen LogP) is 7.85. The van der Waals surface area contributed by atoms with Gasteiger partial charge in [0.1, 0.15) is 0 Å². The zero-order valence-electron chi connectivity index (χ0n) is 17.4. The van der Waals surface area contributed by atoms with E-state index in [0.717, 1.165) is 19.4 Å². The number of unbranched alkanes of at least 4 members (excludes halogenated alkanes) is 13. The summed E-state index contributed by atoms with van der Waals surface area (Å²) in [5.41, 5.74) is -0.176. The van der Waals surface area contributed by atoms with Crippen molar-refractivity contribution in [3.05, 3.63) is 5.21 Å². The lowest BCUT2D eigenvalue weighted by atomic mass is 9.95. The van der Waals surface area contributed by atoms with Crippen LogP contribution < -0.4 is 0 Å². The van der Waals surface area contributed by atoms with Crippen LogP contribution in [0.4, 0.5) is 0 Å². The average Bonchev–Trinajstić information content (AvgIpc) is 2.56. The van der Waals surface area contributed by atoms with E-state index >= 15 is 0 Å². The first-order valence-corrected chi connectivity index (χ1v) is 11.0. The lowest BCUT2D eigenvalue weighted by molar-refractivity contribution is 0.165. The monoisotopic (exact) mass is 340 g/mol. The molecular weight excluding hydrogens is 294 g/mol. The molecule has 0 fully saturated rings. The van der Waals surface area contributed by atoms with Crippen molar-refractivity contribution in [2.75, 3.05) is 6.54 Å². The summed E-state index contributed by atoms with van der Waals surface area (Å²) in [4.78, 5) is 0. The molecule has 0 heterocycles. The van der Waals surface area contributed by atoms with Crippen molar-refractivity contribution < 1.29 is 0 Å².